The highest BCUT2D eigenvalue weighted by molar-refractivity contribution is 5.76. The summed E-state index contributed by atoms with van der Waals surface area (Å²) in [4.78, 5) is 14.9. The smallest absolute Gasteiger partial charge is 0.222 e. The average Bonchev–Trinajstić information content (AvgIpc) is 3.53. The van der Waals surface area contributed by atoms with Gasteiger partial charge in [-0.3, -0.25) is 4.79 Å². The van der Waals surface area contributed by atoms with E-state index in [1.54, 1.807) is 0 Å². The van der Waals surface area contributed by atoms with E-state index in [1.165, 1.54) is 11.4 Å². The van der Waals surface area contributed by atoms with Gasteiger partial charge >= 0.3 is 0 Å². The number of ether oxygens (including phenoxy) is 1. The number of nitrogens with zero attached hydrogens (tertiary/aromatic N) is 3. The number of hydrogen-bond acceptors (Lipinski definition) is 5. The summed E-state index contributed by atoms with van der Waals surface area (Å²) < 4.78 is 14.1. The fourth-order valence-corrected chi connectivity index (χ4v) is 6.00. The normalized spacial score (nSPS) is 22.9. The molecule has 0 aliphatic carbocycles. The highest BCUT2D eigenvalue weighted by Gasteiger charge is 2.54. The average molecular weight is 447 g/mol. The molecule has 1 N–H and O–H groups in total. The van der Waals surface area contributed by atoms with E-state index in [0.717, 1.165) is 55.1 Å². The molecular formula is C26H30N4O3. The minimum absolute atomic E-state index is 0.188. The lowest BCUT2D eigenvalue weighted by atomic mass is 9.79. The first-order chi connectivity index (χ1) is 16.0. The van der Waals surface area contributed by atoms with Crippen LogP contribution >= 0.6 is 0 Å². The molecule has 1 aromatic carbocycles. The molecule has 172 valence electrons. The molecule has 1 amide bonds. The number of rotatable bonds is 3. The summed E-state index contributed by atoms with van der Waals surface area (Å²) in [5, 5.41) is 7.82. The lowest BCUT2D eigenvalue weighted by Crippen LogP contribution is -2.48. The van der Waals surface area contributed by atoms with Crippen LogP contribution in [0.2, 0.25) is 0 Å². The molecule has 6 rings (SSSR count). The number of fused-ring (bicyclic) bond motifs is 4. The Hall–Kier alpha value is -3.06. The van der Waals surface area contributed by atoms with Crippen molar-refractivity contribution >= 4 is 11.6 Å². The van der Waals surface area contributed by atoms with E-state index < -0.39 is 0 Å². The molecule has 7 heteroatoms. The van der Waals surface area contributed by atoms with Crippen molar-refractivity contribution in [2.45, 2.75) is 57.1 Å². The second-order valence-electron chi connectivity index (χ2n) is 9.82. The summed E-state index contributed by atoms with van der Waals surface area (Å²) in [5.74, 6) is 1.02. The molecule has 5 heterocycles. The number of carbonyl (C=O) groups excluding carboxylic acids is 1. The van der Waals surface area contributed by atoms with Crippen molar-refractivity contribution in [3.05, 3.63) is 65.3 Å². The summed E-state index contributed by atoms with van der Waals surface area (Å²) in [6.07, 6.45) is 5.97. The van der Waals surface area contributed by atoms with Gasteiger partial charge < -0.3 is 24.0 Å². The van der Waals surface area contributed by atoms with E-state index in [-0.39, 0.29) is 17.0 Å². The predicted molar refractivity (Wildman–Crippen MR) is 124 cm³/mol. The standard InChI is InChI=1S/C26H30N4O3/c1-18-20(19(2)33-28-18)9-10-24(31)29-14-11-25(12-15-29)16-26(17-32-25)23-8-5-13-30(23)22-7-4-3-6-21(22)27-26/h3-8,13,27H,9-12,14-17H2,1-2H3/t26-/m1/s1. The second-order valence-corrected chi connectivity index (χ2v) is 9.82. The van der Waals surface area contributed by atoms with Gasteiger partial charge in [0.25, 0.3) is 0 Å². The Morgan fingerprint density at radius 2 is 1.97 bits per heavy atom. The lowest BCUT2D eigenvalue weighted by molar-refractivity contribution is -0.135. The molecular weight excluding hydrogens is 416 g/mol. The largest absolute Gasteiger partial charge is 0.372 e. The van der Waals surface area contributed by atoms with E-state index in [2.05, 4.69) is 57.6 Å². The van der Waals surface area contributed by atoms with Gasteiger partial charge in [0, 0.05) is 37.7 Å². The third-order valence-corrected chi connectivity index (χ3v) is 7.82. The lowest BCUT2D eigenvalue weighted by Gasteiger charge is -2.41. The number of nitrogens with one attached hydrogen (secondary N) is 1. The Kier molecular flexibility index (Phi) is 4.66. The van der Waals surface area contributed by atoms with Crippen LogP contribution in [0.15, 0.2) is 47.1 Å². The predicted octanol–water partition coefficient (Wildman–Crippen LogP) is 4.12. The minimum atomic E-state index is -0.229. The zero-order valence-corrected chi connectivity index (χ0v) is 19.3. The van der Waals surface area contributed by atoms with E-state index in [9.17, 15) is 4.79 Å². The van der Waals surface area contributed by atoms with Crippen molar-refractivity contribution in [1.29, 1.82) is 0 Å². The number of anilines is 1. The van der Waals surface area contributed by atoms with Gasteiger partial charge in [-0.2, -0.15) is 0 Å². The van der Waals surface area contributed by atoms with Crippen LogP contribution in [0.4, 0.5) is 5.69 Å². The van der Waals surface area contributed by atoms with Gasteiger partial charge in [-0.05, 0) is 57.4 Å². The highest BCUT2D eigenvalue weighted by atomic mass is 16.5. The van der Waals surface area contributed by atoms with Crippen LogP contribution in [-0.2, 0) is 21.5 Å². The number of piperidine rings is 1. The number of hydrogen-bond donors (Lipinski definition) is 1. The molecule has 2 aromatic heterocycles. The fraction of sp³-hybridized carbons (Fsp3) is 0.462. The zero-order chi connectivity index (χ0) is 22.6. The molecule has 2 saturated heterocycles. The quantitative estimate of drug-likeness (QED) is 0.655. The molecule has 2 fully saturated rings. The number of likely N-dealkylation sites (tertiary alicyclic amines) is 1. The number of carbonyl (C=O) groups is 1. The molecule has 33 heavy (non-hydrogen) atoms. The molecule has 7 nitrogen and oxygen atoms in total. The third-order valence-electron chi connectivity index (χ3n) is 7.82. The molecule has 3 aromatic rings. The van der Waals surface area contributed by atoms with Gasteiger partial charge in [-0.1, -0.05) is 17.3 Å². The van der Waals surface area contributed by atoms with Gasteiger partial charge in [0.1, 0.15) is 11.3 Å². The summed E-state index contributed by atoms with van der Waals surface area (Å²) in [6, 6.07) is 12.8. The molecule has 2 spiro atoms. The first kappa shape index (κ1) is 20.5. The molecule has 1 atom stereocenters. The van der Waals surface area contributed by atoms with Crippen LogP contribution in [0.25, 0.3) is 5.69 Å². The number of para-hydroxylation sites is 2. The Morgan fingerprint density at radius 1 is 1.15 bits per heavy atom. The molecule has 3 aliphatic heterocycles. The monoisotopic (exact) mass is 446 g/mol. The van der Waals surface area contributed by atoms with Gasteiger partial charge in [-0.15, -0.1) is 0 Å². The highest BCUT2D eigenvalue weighted by Crippen LogP contribution is 2.50. The van der Waals surface area contributed by atoms with E-state index >= 15 is 0 Å². The number of benzene rings is 1. The van der Waals surface area contributed by atoms with E-state index in [4.69, 9.17) is 9.26 Å². The van der Waals surface area contributed by atoms with Crippen molar-refractivity contribution < 1.29 is 14.1 Å². The molecule has 0 radical (unpaired) electrons. The van der Waals surface area contributed by atoms with Crippen LogP contribution in [0.3, 0.4) is 0 Å². The fourth-order valence-electron chi connectivity index (χ4n) is 6.00. The van der Waals surface area contributed by atoms with Crippen molar-refractivity contribution in [1.82, 2.24) is 14.6 Å². The van der Waals surface area contributed by atoms with Crippen LogP contribution < -0.4 is 5.32 Å². The maximum absolute atomic E-state index is 12.9. The number of aryl methyl sites for hydroxylation is 2. The SMILES string of the molecule is Cc1noc(C)c1CCC(=O)N1CCC2(CC1)C[C@]1(CO2)Nc2ccccc2-n2cccc21. The van der Waals surface area contributed by atoms with Crippen LogP contribution in [-0.4, -0.2) is 45.8 Å². The van der Waals surface area contributed by atoms with E-state index in [0.29, 0.717) is 19.4 Å². The van der Waals surface area contributed by atoms with Gasteiger partial charge in [0.05, 0.1) is 35.0 Å². The summed E-state index contributed by atoms with van der Waals surface area (Å²) in [6.45, 7) is 5.97. The van der Waals surface area contributed by atoms with E-state index in [1.807, 2.05) is 18.7 Å². The van der Waals surface area contributed by atoms with Crippen molar-refractivity contribution in [3.8, 4) is 5.69 Å². The Labute approximate surface area is 193 Å². The Morgan fingerprint density at radius 3 is 2.76 bits per heavy atom. The maximum atomic E-state index is 12.9. The van der Waals surface area contributed by atoms with Crippen molar-refractivity contribution in [2.75, 3.05) is 25.0 Å². The van der Waals surface area contributed by atoms with Crippen LogP contribution in [0.1, 0.15) is 48.4 Å². The first-order valence-electron chi connectivity index (χ1n) is 11.9. The Balaban J connectivity index is 1.13. The number of amides is 1. The first-order valence-corrected chi connectivity index (χ1v) is 11.9. The zero-order valence-electron chi connectivity index (χ0n) is 19.3. The van der Waals surface area contributed by atoms with Crippen molar-refractivity contribution in [3.63, 3.8) is 0 Å². The maximum Gasteiger partial charge on any atom is 0.222 e. The molecule has 0 bridgehead atoms. The number of aromatic nitrogens is 2. The summed E-state index contributed by atoms with van der Waals surface area (Å²) in [7, 11) is 0. The summed E-state index contributed by atoms with van der Waals surface area (Å²) >= 11 is 0. The second kappa shape index (κ2) is 7.48. The van der Waals surface area contributed by atoms with Gasteiger partial charge in [-0.25, -0.2) is 0 Å². The topological polar surface area (TPSA) is 72.5 Å². The van der Waals surface area contributed by atoms with Crippen LogP contribution in [0, 0.1) is 13.8 Å². The molecule has 0 saturated carbocycles. The van der Waals surface area contributed by atoms with Crippen LogP contribution in [0.5, 0.6) is 0 Å². The third kappa shape index (κ3) is 3.29. The summed E-state index contributed by atoms with van der Waals surface area (Å²) in [5.41, 5.74) is 5.12. The minimum Gasteiger partial charge on any atom is -0.372 e. The van der Waals surface area contributed by atoms with Gasteiger partial charge in [0.2, 0.25) is 5.91 Å². The molecule has 0 unspecified atom stereocenters. The van der Waals surface area contributed by atoms with Crippen molar-refractivity contribution in [2.24, 2.45) is 0 Å². The molecule has 3 aliphatic rings. The Bertz CT molecular complexity index is 1180. The van der Waals surface area contributed by atoms with Gasteiger partial charge in [0.15, 0.2) is 0 Å².